The van der Waals surface area contributed by atoms with Crippen LogP contribution in [0, 0.1) is 0 Å². The van der Waals surface area contributed by atoms with E-state index in [4.69, 9.17) is 11.6 Å². The summed E-state index contributed by atoms with van der Waals surface area (Å²) in [5, 5.41) is 3.12. The van der Waals surface area contributed by atoms with Crippen LogP contribution in [0.3, 0.4) is 0 Å². The van der Waals surface area contributed by atoms with Crippen molar-refractivity contribution < 1.29 is 21.6 Å². The van der Waals surface area contributed by atoms with Gasteiger partial charge in [0.2, 0.25) is 0 Å². The van der Waals surface area contributed by atoms with Gasteiger partial charge in [0.25, 0.3) is 0 Å². The van der Waals surface area contributed by atoms with E-state index in [-0.39, 0.29) is 31.7 Å². The van der Waals surface area contributed by atoms with E-state index in [0.717, 1.165) is 18.3 Å². The number of halogens is 4. The van der Waals surface area contributed by atoms with Crippen LogP contribution in [0.1, 0.15) is 6.92 Å². The van der Waals surface area contributed by atoms with Crippen molar-refractivity contribution in [3.63, 3.8) is 0 Å². The lowest BCUT2D eigenvalue weighted by Crippen LogP contribution is -2.17. The van der Waals surface area contributed by atoms with Gasteiger partial charge >= 0.3 is 6.30 Å². The number of alkyl halides is 3. The number of rotatable bonds is 3. The normalized spacial score (nSPS) is 12.6. The Bertz CT molecular complexity index is 771. The molecule has 2 aromatic rings. The van der Waals surface area contributed by atoms with Gasteiger partial charge in [-0.3, -0.25) is 0 Å². The van der Waals surface area contributed by atoms with Crippen molar-refractivity contribution >= 4 is 21.4 Å². The quantitative estimate of drug-likeness (QED) is 0.807. The molecule has 0 bridgehead atoms. The number of nitrogens with zero attached hydrogens (tertiary/aromatic N) is 3. The zero-order chi connectivity index (χ0) is 15.8. The standard InChI is InChI=1S/C11H9ClF3N3O2S/c1-2-21(19,20)9-5-7(6-16-10(9)12)8-3-4-18(17-8)11(13,14)15/h3-6H,2H2,1H3. The van der Waals surface area contributed by atoms with Crippen molar-refractivity contribution in [2.24, 2.45) is 0 Å². The number of hydrogen-bond acceptors (Lipinski definition) is 4. The third-order valence-corrected chi connectivity index (χ3v) is 4.82. The molecular weight excluding hydrogens is 331 g/mol. The molecular formula is C11H9ClF3N3O2S. The average Bonchev–Trinajstić information content (AvgIpc) is 2.88. The molecule has 0 aliphatic carbocycles. The van der Waals surface area contributed by atoms with E-state index in [1.807, 2.05) is 0 Å². The molecule has 0 fully saturated rings. The smallest absolute Gasteiger partial charge is 0.242 e. The molecule has 0 saturated carbocycles. The second-order valence-corrected chi connectivity index (χ2v) is 6.63. The van der Waals surface area contributed by atoms with Gasteiger partial charge in [0.15, 0.2) is 9.84 Å². The molecule has 2 rings (SSSR count). The summed E-state index contributed by atoms with van der Waals surface area (Å²) >= 11 is 5.73. The molecule has 0 unspecified atom stereocenters. The zero-order valence-corrected chi connectivity index (χ0v) is 12.2. The Hall–Kier alpha value is -1.61. The minimum Gasteiger partial charge on any atom is -0.242 e. The van der Waals surface area contributed by atoms with Crippen LogP contribution in [-0.2, 0) is 16.1 Å². The summed E-state index contributed by atoms with van der Waals surface area (Å²) in [4.78, 5) is 3.47. The summed E-state index contributed by atoms with van der Waals surface area (Å²) in [6.07, 6.45) is -2.74. The van der Waals surface area contributed by atoms with Gasteiger partial charge in [0.05, 0.1) is 11.4 Å². The molecule has 0 atom stereocenters. The highest BCUT2D eigenvalue weighted by molar-refractivity contribution is 7.91. The number of sulfone groups is 1. The number of hydrogen-bond donors (Lipinski definition) is 0. The molecule has 0 N–H and O–H groups in total. The summed E-state index contributed by atoms with van der Waals surface area (Å²) in [5.41, 5.74) is 0.0819. The molecule has 2 aromatic heterocycles. The summed E-state index contributed by atoms with van der Waals surface area (Å²) in [6, 6.07) is 2.28. The van der Waals surface area contributed by atoms with Crippen LogP contribution >= 0.6 is 11.6 Å². The topological polar surface area (TPSA) is 64.8 Å². The Morgan fingerprint density at radius 2 is 2.05 bits per heavy atom. The molecule has 0 aromatic carbocycles. The van der Waals surface area contributed by atoms with Crippen molar-refractivity contribution in [1.29, 1.82) is 0 Å². The fourth-order valence-corrected chi connectivity index (χ4v) is 2.94. The molecule has 0 amide bonds. The van der Waals surface area contributed by atoms with Crippen molar-refractivity contribution in [2.45, 2.75) is 18.1 Å². The van der Waals surface area contributed by atoms with Gasteiger partial charge in [-0.1, -0.05) is 18.5 Å². The predicted octanol–water partition coefficient (Wildman–Crippen LogP) is 2.87. The summed E-state index contributed by atoms with van der Waals surface area (Å²) in [6.45, 7) is 1.43. The van der Waals surface area contributed by atoms with Gasteiger partial charge in [-0.05, 0) is 12.1 Å². The highest BCUT2D eigenvalue weighted by Crippen LogP contribution is 2.28. The van der Waals surface area contributed by atoms with Crippen LogP contribution in [-0.4, -0.2) is 28.9 Å². The molecule has 0 saturated heterocycles. The van der Waals surface area contributed by atoms with Gasteiger partial charge < -0.3 is 0 Å². The lowest BCUT2D eigenvalue weighted by Gasteiger charge is -2.06. The first-order valence-corrected chi connectivity index (χ1v) is 7.69. The first-order chi connectivity index (χ1) is 9.65. The van der Waals surface area contributed by atoms with Crippen molar-refractivity contribution in [2.75, 3.05) is 5.75 Å². The summed E-state index contributed by atoms with van der Waals surface area (Å²) < 4.78 is 60.9. The first kappa shape index (κ1) is 15.8. The van der Waals surface area contributed by atoms with E-state index in [0.29, 0.717) is 0 Å². The maximum absolute atomic E-state index is 12.5. The fraction of sp³-hybridized carbons (Fsp3) is 0.273. The lowest BCUT2D eigenvalue weighted by molar-refractivity contribution is -0.212. The van der Waals surface area contributed by atoms with E-state index in [2.05, 4.69) is 10.1 Å². The second kappa shape index (κ2) is 5.30. The Balaban J connectivity index is 2.52. The maximum Gasteiger partial charge on any atom is 0.504 e. The third kappa shape index (κ3) is 3.18. The Morgan fingerprint density at radius 3 is 2.57 bits per heavy atom. The van der Waals surface area contributed by atoms with E-state index in [1.165, 1.54) is 13.1 Å². The first-order valence-electron chi connectivity index (χ1n) is 5.66. The third-order valence-electron chi connectivity index (χ3n) is 2.67. The minimum absolute atomic E-state index is 0.0518. The van der Waals surface area contributed by atoms with Crippen LogP contribution in [0.4, 0.5) is 13.2 Å². The number of pyridine rings is 1. The van der Waals surface area contributed by atoms with Crippen LogP contribution in [0.15, 0.2) is 29.4 Å². The largest absolute Gasteiger partial charge is 0.504 e. The van der Waals surface area contributed by atoms with Gasteiger partial charge in [-0.2, -0.15) is 9.78 Å². The minimum atomic E-state index is -4.64. The molecule has 2 heterocycles. The van der Waals surface area contributed by atoms with Crippen molar-refractivity contribution in [3.05, 3.63) is 29.7 Å². The fourth-order valence-electron chi connectivity index (χ4n) is 1.56. The second-order valence-electron chi connectivity index (χ2n) is 4.03. The van der Waals surface area contributed by atoms with Gasteiger partial charge in [-0.25, -0.2) is 13.4 Å². The summed E-state index contributed by atoms with van der Waals surface area (Å²) in [5.74, 6) is -0.200. The maximum atomic E-state index is 12.5. The monoisotopic (exact) mass is 339 g/mol. The molecule has 114 valence electrons. The Kier molecular flexibility index (Phi) is 3.98. The van der Waals surface area contributed by atoms with Crippen LogP contribution in [0.2, 0.25) is 5.15 Å². The molecule has 0 spiro atoms. The average molecular weight is 340 g/mol. The molecule has 10 heteroatoms. The van der Waals surface area contributed by atoms with Gasteiger partial charge in [0.1, 0.15) is 10.0 Å². The molecule has 0 aliphatic heterocycles. The predicted molar refractivity (Wildman–Crippen MR) is 69.5 cm³/mol. The lowest BCUT2D eigenvalue weighted by atomic mass is 10.2. The van der Waals surface area contributed by atoms with Crippen LogP contribution in [0.25, 0.3) is 11.3 Å². The molecule has 0 aliphatic rings. The van der Waals surface area contributed by atoms with Gasteiger partial charge in [0, 0.05) is 18.0 Å². The van der Waals surface area contributed by atoms with Crippen LogP contribution < -0.4 is 0 Å². The highest BCUT2D eigenvalue weighted by Gasteiger charge is 2.31. The Morgan fingerprint density at radius 1 is 1.38 bits per heavy atom. The zero-order valence-electron chi connectivity index (χ0n) is 10.6. The van der Waals surface area contributed by atoms with E-state index in [1.54, 1.807) is 0 Å². The molecule has 0 radical (unpaired) electrons. The van der Waals surface area contributed by atoms with Crippen molar-refractivity contribution in [1.82, 2.24) is 14.8 Å². The highest BCUT2D eigenvalue weighted by atomic mass is 35.5. The van der Waals surface area contributed by atoms with Crippen molar-refractivity contribution in [3.8, 4) is 11.3 Å². The SMILES string of the molecule is CCS(=O)(=O)c1cc(-c2ccn(C(F)(F)F)n2)cnc1Cl. The van der Waals surface area contributed by atoms with Gasteiger partial charge in [-0.15, -0.1) is 13.2 Å². The van der Waals surface area contributed by atoms with E-state index in [9.17, 15) is 21.6 Å². The van der Waals surface area contributed by atoms with E-state index >= 15 is 0 Å². The molecule has 21 heavy (non-hydrogen) atoms. The Labute approximate surface area is 123 Å². The van der Waals surface area contributed by atoms with E-state index < -0.39 is 16.1 Å². The van der Waals surface area contributed by atoms with Crippen LogP contribution in [0.5, 0.6) is 0 Å². The molecule has 5 nitrogen and oxygen atoms in total. The number of aromatic nitrogens is 3. The summed E-state index contributed by atoms with van der Waals surface area (Å²) in [7, 11) is -3.63.